The molecule has 0 aliphatic heterocycles. The van der Waals surface area contributed by atoms with E-state index < -0.39 is 0 Å². The third-order valence-electron chi connectivity index (χ3n) is 3.94. The number of benzene rings is 2. The number of amides is 1. The maximum atomic E-state index is 12.6. The van der Waals surface area contributed by atoms with Crippen molar-refractivity contribution in [3.8, 4) is 5.75 Å². The standard InChI is InChI=1S/C20H26N2O2/c1-4-22(15-17-9-6-5-7-10-17)20(23)16-21(2)14-18-11-8-12-19(13-18)24-3/h5-13H,4,14-16H2,1-3H3. The first-order valence-corrected chi connectivity index (χ1v) is 8.25. The number of likely N-dealkylation sites (N-methyl/N-ethyl adjacent to an activating group) is 2. The van der Waals surface area contributed by atoms with Gasteiger partial charge in [0.1, 0.15) is 5.75 Å². The summed E-state index contributed by atoms with van der Waals surface area (Å²) in [4.78, 5) is 16.5. The zero-order chi connectivity index (χ0) is 17.4. The lowest BCUT2D eigenvalue weighted by molar-refractivity contribution is -0.132. The lowest BCUT2D eigenvalue weighted by Gasteiger charge is -2.24. The second-order valence-corrected chi connectivity index (χ2v) is 5.92. The fourth-order valence-corrected chi connectivity index (χ4v) is 2.65. The number of carbonyl (C=O) groups excluding carboxylic acids is 1. The summed E-state index contributed by atoms with van der Waals surface area (Å²) in [5, 5.41) is 0. The highest BCUT2D eigenvalue weighted by Gasteiger charge is 2.14. The Hall–Kier alpha value is -2.33. The van der Waals surface area contributed by atoms with E-state index >= 15 is 0 Å². The highest BCUT2D eigenvalue weighted by molar-refractivity contribution is 5.78. The van der Waals surface area contributed by atoms with Crippen molar-refractivity contribution >= 4 is 5.91 Å². The number of nitrogens with zero attached hydrogens (tertiary/aromatic N) is 2. The summed E-state index contributed by atoms with van der Waals surface area (Å²) in [6.07, 6.45) is 0. The first-order valence-electron chi connectivity index (χ1n) is 8.25. The molecular weight excluding hydrogens is 300 g/mol. The summed E-state index contributed by atoms with van der Waals surface area (Å²) in [7, 11) is 3.63. The molecule has 0 saturated heterocycles. The third kappa shape index (κ3) is 5.39. The number of hydrogen-bond donors (Lipinski definition) is 0. The Morgan fingerprint density at radius 3 is 2.38 bits per heavy atom. The van der Waals surface area contributed by atoms with Crippen LogP contribution in [0.1, 0.15) is 18.1 Å². The van der Waals surface area contributed by atoms with Crippen LogP contribution in [0, 0.1) is 0 Å². The molecule has 2 aromatic carbocycles. The Bertz CT molecular complexity index is 643. The van der Waals surface area contributed by atoms with E-state index in [1.54, 1.807) is 7.11 Å². The van der Waals surface area contributed by atoms with E-state index in [0.29, 0.717) is 26.2 Å². The van der Waals surface area contributed by atoms with Gasteiger partial charge in [0, 0.05) is 19.6 Å². The van der Waals surface area contributed by atoms with Gasteiger partial charge in [-0.15, -0.1) is 0 Å². The molecule has 0 radical (unpaired) electrons. The quantitative estimate of drug-likeness (QED) is 0.747. The van der Waals surface area contributed by atoms with Gasteiger partial charge in [0.15, 0.2) is 0 Å². The van der Waals surface area contributed by atoms with Crippen molar-refractivity contribution in [2.75, 3.05) is 27.2 Å². The Morgan fingerprint density at radius 2 is 1.71 bits per heavy atom. The molecular formula is C20H26N2O2. The molecule has 1 amide bonds. The molecule has 2 aromatic rings. The number of methoxy groups -OCH3 is 1. The van der Waals surface area contributed by atoms with Crippen molar-refractivity contribution in [3.63, 3.8) is 0 Å². The highest BCUT2D eigenvalue weighted by atomic mass is 16.5. The SMILES string of the molecule is CCN(Cc1ccccc1)C(=O)CN(C)Cc1cccc(OC)c1. The molecule has 0 aliphatic rings. The van der Waals surface area contributed by atoms with E-state index in [1.807, 2.05) is 66.2 Å². The van der Waals surface area contributed by atoms with E-state index in [4.69, 9.17) is 4.74 Å². The van der Waals surface area contributed by atoms with E-state index in [9.17, 15) is 4.79 Å². The molecule has 4 nitrogen and oxygen atoms in total. The van der Waals surface area contributed by atoms with Gasteiger partial charge in [-0.3, -0.25) is 9.69 Å². The zero-order valence-corrected chi connectivity index (χ0v) is 14.7. The maximum absolute atomic E-state index is 12.6. The lowest BCUT2D eigenvalue weighted by Crippen LogP contribution is -2.38. The summed E-state index contributed by atoms with van der Waals surface area (Å²) < 4.78 is 5.25. The number of ether oxygens (including phenoxy) is 1. The van der Waals surface area contributed by atoms with E-state index in [1.165, 1.54) is 0 Å². The summed E-state index contributed by atoms with van der Waals surface area (Å²) >= 11 is 0. The predicted octanol–water partition coefficient (Wildman–Crippen LogP) is 3.18. The van der Waals surface area contributed by atoms with Crippen LogP contribution in [0.5, 0.6) is 5.75 Å². The van der Waals surface area contributed by atoms with E-state index in [2.05, 4.69) is 12.1 Å². The molecule has 0 aliphatic carbocycles. The van der Waals surface area contributed by atoms with Gasteiger partial charge in [0.05, 0.1) is 13.7 Å². The van der Waals surface area contributed by atoms with E-state index in [0.717, 1.165) is 16.9 Å². The van der Waals surface area contributed by atoms with Crippen LogP contribution >= 0.6 is 0 Å². The normalized spacial score (nSPS) is 10.7. The molecule has 4 heteroatoms. The Labute approximate surface area is 144 Å². The van der Waals surface area contributed by atoms with Crippen LogP contribution in [0.25, 0.3) is 0 Å². The molecule has 0 aromatic heterocycles. The van der Waals surface area contributed by atoms with Gasteiger partial charge in [0.2, 0.25) is 5.91 Å². The third-order valence-corrected chi connectivity index (χ3v) is 3.94. The molecule has 0 bridgehead atoms. The fraction of sp³-hybridized carbons (Fsp3) is 0.350. The van der Waals surface area contributed by atoms with Crippen LogP contribution < -0.4 is 4.74 Å². The largest absolute Gasteiger partial charge is 0.497 e. The van der Waals surface area contributed by atoms with Crippen LogP contribution in [-0.2, 0) is 17.9 Å². The summed E-state index contributed by atoms with van der Waals surface area (Å²) in [6.45, 7) is 4.50. The topological polar surface area (TPSA) is 32.8 Å². The molecule has 2 rings (SSSR count). The van der Waals surface area contributed by atoms with Gasteiger partial charge in [0.25, 0.3) is 0 Å². The van der Waals surface area contributed by atoms with Crippen molar-refractivity contribution in [2.24, 2.45) is 0 Å². The van der Waals surface area contributed by atoms with Crippen molar-refractivity contribution in [1.82, 2.24) is 9.80 Å². The smallest absolute Gasteiger partial charge is 0.237 e. The molecule has 0 heterocycles. The summed E-state index contributed by atoms with van der Waals surface area (Å²) in [5.74, 6) is 0.984. The monoisotopic (exact) mass is 326 g/mol. The molecule has 24 heavy (non-hydrogen) atoms. The predicted molar refractivity (Wildman–Crippen MR) is 96.9 cm³/mol. The van der Waals surface area contributed by atoms with Gasteiger partial charge in [-0.25, -0.2) is 0 Å². The van der Waals surface area contributed by atoms with Crippen LogP contribution in [-0.4, -0.2) is 43.0 Å². The van der Waals surface area contributed by atoms with Crippen LogP contribution in [0.2, 0.25) is 0 Å². The summed E-state index contributed by atoms with van der Waals surface area (Å²) in [5.41, 5.74) is 2.29. The van der Waals surface area contributed by atoms with Crippen LogP contribution in [0.3, 0.4) is 0 Å². The zero-order valence-electron chi connectivity index (χ0n) is 14.7. The van der Waals surface area contributed by atoms with Crippen molar-refractivity contribution in [1.29, 1.82) is 0 Å². The molecule has 0 fully saturated rings. The first kappa shape index (κ1) is 18.0. The highest BCUT2D eigenvalue weighted by Crippen LogP contribution is 2.14. The number of carbonyl (C=O) groups is 1. The number of hydrogen-bond acceptors (Lipinski definition) is 3. The van der Waals surface area contributed by atoms with Crippen LogP contribution in [0.15, 0.2) is 54.6 Å². The van der Waals surface area contributed by atoms with Gasteiger partial charge in [-0.1, -0.05) is 42.5 Å². The first-order chi connectivity index (χ1) is 11.6. The fourth-order valence-electron chi connectivity index (χ4n) is 2.65. The second-order valence-electron chi connectivity index (χ2n) is 5.92. The minimum atomic E-state index is 0.145. The lowest BCUT2D eigenvalue weighted by atomic mass is 10.2. The summed E-state index contributed by atoms with van der Waals surface area (Å²) in [6, 6.07) is 18.0. The maximum Gasteiger partial charge on any atom is 0.237 e. The molecule has 0 saturated carbocycles. The second kappa shape index (κ2) is 9.08. The molecule has 0 unspecified atom stereocenters. The van der Waals surface area contributed by atoms with Gasteiger partial charge < -0.3 is 9.64 Å². The number of rotatable bonds is 8. The average Bonchev–Trinajstić information content (AvgIpc) is 2.60. The molecule has 0 N–H and O–H groups in total. The van der Waals surface area contributed by atoms with Gasteiger partial charge in [-0.05, 0) is 37.2 Å². The van der Waals surface area contributed by atoms with Gasteiger partial charge in [-0.2, -0.15) is 0 Å². The molecule has 128 valence electrons. The van der Waals surface area contributed by atoms with Crippen molar-refractivity contribution in [3.05, 3.63) is 65.7 Å². The van der Waals surface area contributed by atoms with Crippen molar-refractivity contribution < 1.29 is 9.53 Å². The Morgan fingerprint density at radius 1 is 1.00 bits per heavy atom. The molecule has 0 spiro atoms. The Balaban J connectivity index is 1.91. The van der Waals surface area contributed by atoms with E-state index in [-0.39, 0.29) is 5.91 Å². The van der Waals surface area contributed by atoms with Crippen LogP contribution in [0.4, 0.5) is 0 Å². The van der Waals surface area contributed by atoms with Gasteiger partial charge >= 0.3 is 0 Å². The minimum Gasteiger partial charge on any atom is -0.497 e. The Kier molecular flexibility index (Phi) is 6.82. The minimum absolute atomic E-state index is 0.145. The molecule has 0 atom stereocenters. The average molecular weight is 326 g/mol. The van der Waals surface area contributed by atoms with Crippen molar-refractivity contribution in [2.45, 2.75) is 20.0 Å².